The average Bonchev–Trinajstić information content (AvgIpc) is 3.30. The third-order valence-electron chi connectivity index (χ3n) is 3.52. The first-order valence-corrected chi connectivity index (χ1v) is 8.68. The Bertz CT molecular complexity index is 1080. The predicted octanol–water partition coefficient (Wildman–Crippen LogP) is 2.15. The normalized spacial score (nSPS) is 10.9. The Balaban J connectivity index is 1.60. The second-order valence-electron chi connectivity index (χ2n) is 5.32. The van der Waals surface area contributed by atoms with Crippen molar-refractivity contribution in [3.05, 3.63) is 47.6 Å². The lowest BCUT2D eigenvalue weighted by Gasteiger charge is -2.08. The smallest absolute Gasteiger partial charge is 0.304 e. The van der Waals surface area contributed by atoms with Crippen LogP contribution in [0.4, 0.5) is 9.52 Å². The zero-order chi connectivity index (χ0) is 18.6. The van der Waals surface area contributed by atoms with Crippen molar-refractivity contribution < 1.29 is 13.9 Å². The summed E-state index contributed by atoms with van der Waals surface area (Å²) in [6.45, 7) is -0.986. The molecule has 0 aliphatic heterocycles. The minimum atomic E-state index is -1.10. The molecule has 0 radical (unpaired) electrons. The van der Waals surface area contributed by atoms with E-state index in [0.717, 1.165) is 5.69 Å². The number of fused-ring (bicyclic) bond motifs is 1. The molecule has 0 saturated carbocycles. The summed E-state index contributed by atoms with van der Waals surface area (Å²) in [5, 5.41) is 15.7. The lowest BCUT2D eigenvalue weighted by Crippen LogP contribution is -2.12. The zero-order valence-corrected chi connectivity index (χ0v) is 14.6. The molecule has 0 aliphatic rings. The third kappa shape index (κ3) is 3.58. The monoisotopic (exact) mass is 385 g/mol. The fourth-order valence-electron chi connectivity index (χ4n) is 2.38. The molecular formula is C16H12FN7O2S. The largest absolute Gasteiger partial charge is 0.458 e. The van der Waals surface area contributed by atoms with Crippen molar-refractivity contribution in [3.8, 4) is 11.7 Å². The summed E-state index contributed by atoms with van der Waals surface area (Å²) >= 11 is 1.18. The number of rotatable bonds is 6. The number of amides is 1. The van der Waals surface area contributed by atoms with Crippen molar-refractivity contribution in [2.24, 2.45) is 0 Å². The van der Waals surface area contributed by atoms with Crippen LogP contribution >= 0.6 is 11.3 Å². The van der Waals surface area contributed by atoms with E-state index >= 15 is 0 Å². The summed E-state index contributed by atoms with van der Waals surface area (Å²) in [7, 11) is 0. The van der Waals surface area contributed by atoms with Crippen molar-refractivity contribution in [3.63, 3.8) is 0 Å². The number of nitrogens with one attached hydrogen (secondary N) is 1. The lowest BCUT2D eigenvalue weighted by atomic mass is 10.3. The second kappa shape index (κ2) is 7.41. The predicted molar refractivity (Wildman–Crippen MR) is 95.5 cm³/mol. The zero-order valence-electron chi connectivity index (χ0n) is 13.7. The van der Waals surface area contributed by atoms with E-state index in [1.54, 1.807) is 16.1 Å². The number of nitrogens with zero attached hydrogens (tertiary/aromatic N) is 6. The van der Waals surface area contributed by atoms with Crippen molar-refractivity contribution in [1.29, 1.82) is 0 Å². The van der Waals surface area contributed by atoms with Crippen LogP contribution in [0.15, 0.2) is 41.9 Å². The van der Waals surface area contributed by atoms with Gasteiger partial charge in [0.2, 0.25) is 5.65 Å². The maximum absolute atomic E-state index is 12.3. The van der Waals surface area contributed by atoms with Gasteiger partial charge in [0.1, 0.15) is 12.1 Å². The topological polar surface area (TPSA) is 108 Å². The summed E-state index contributed by atoms with van der Waals surface area (Å²) in [5.74, 6) is -0.742. The summed E-state index contributed by atoms with van der Waals surface area (Å²) < 4.78 is 19.9. The Morgan fingerprint density at radius 3 is 2.93 bits per heavy atom. The molecular weight excluding hydrogens is 373 g/mol. The number of para-hydroxylation sites is 1. The Morgan fingerprint density at radius 1 is 1.26 bits per heavy atom. The summed E-state index contributed by atoms with van der Waals surface area (Å²) in [4.78, 5) is 19.6. The Hall–Kier alpha value is -3.47. The number of imidazole rings is 1. The SMILES string of the molecule is O=C(CF)Nc1nc(COc2nc3nnncc3n2-c2ccccc2)cs1. The highest BCUT2D eigenvalue weighted by atomic mass is 32.1. The minimum absolute atomic E-state index is 0.110. The van der Waals surface area contributed by atoms with Crippen LogP contribution in [0.2, 0.25) is 0 Å². The highest BCUT2D eigenvalue weighted by molar-refractivity contribution is 7.13. The van der Waals surface area contributed by atoms with E-state index in [9.17, 15) is 9.18 Å². The van der Waals surface area contributed by atoms with Crippen LogP contribution in [-0.2, 0) is 11.4 Å². The van der Waals surface area contributed by atoms with Gasteiger partial charge in [0.15, 0.2) is 11.8 Å². The van der Waals surface area contributed by atoms with Crippen LogP contribution in [0.3, 0.4) is 0 Å². The van der Waals surface area contributed by atoms with Crippen LogP contribution in [0.5, 0.6) is 6.01 Å². The molecule has 1 amide bonds. The van der Waals surface area contributed by atoms with Crippen LogP contribution in [0.1, 0.15) is 5.69 Å². The van der Waals surface area contributed by atoms with Gasteiger partial charge in [0, 0.05) is 5.38 Å². The lowest BCUT2D eigenvalue weighted by molar-refractivity contribution is -0.117. The standard InChI is InChI=1S/C16H12FN7O2S/c17-6-13(25)20-15-19-10(9-27-15)8-26-16-21-14-12(7-18-23-22-14)24(16)11-4-2-1-3-5-11/h1-5,7,9H,6,8H2,(H,19,20,25). The number of alkyl halides is 1. The van der Waals surface area contributed by atoms with Gasteiger partial charge in [-0.05, 0) is 17.3 Å². The fourth-order valence-corrected chi connectivity index (χ4v) is 3.10. The molecule has 3 heterocycles. The molecule has 0 unspecified atom stereocenters. The molecule has 136 valence electrons. The number of anilines is 1. The van der Waals surface area contributed by atoms with Crippen LogP contribution in [0.25, 0.3) is 16.9 Å². The molecule has 0 bridgehead atoms. The first-order chi connectivity index (χ1) is 13.2. The van der Waals surface area contributed by atoms with Gasteiger partial charge in [0.25, 0.3) is 5.91 Å². The van der Waals surface area contributed by atoms with Gasteiger partial charge in [-0.3, -0.25) is 14.7 Å². The Labute approximate surface area is 155 Å². The van der Waals surface area contributed by atoms with Gasteiger partial charge < -0.3 is 4.74 Å². The second-order valence-corrected chi connectivity index (χ2v) is 6.18. The highest BCUT2D eigenvalue weighted by Crippen LogP contribution is 2.25. The minimum Gasteiger partial charge on any atom is -0.458 e. The molecule has 0 fully saturated rings. The van der Waals surface area contributed by atoms with Crippen LogP contribution in [-0.4, -0.2) is 42.5 Å². The van der Waals surface area contributed by atoms with E-state index in [4.69, 9.17) is 4.74 Å². The van der Waals surface area contributed by atoms with E-state index in [-0.39, 0.29) is 6.61 Å². The van der Waals surface area contributed by atoms with Crippen LogP contribution < -0.4 is 10.1 Å². The van der Waals surface area contributed by atoms with E-state index in [1.165, 1.54) is 11.3 Å². The molecule has 1 N–H and O–H groups in total. The van der Waals surface area contributed by atoms with Gasteiger partial charge >= 0.3 is 6.01 Å². The first-order valence-electron chi connectivity index (χ1n) is 7.80. The van der Waals surface area contributed by atoms with E-state index < -0.39 is 12.6 Å². The number of halogens is 1. The number of hydrogen-bond donors (Lipinski definition) is 1. The molecule has 0 spiro atoms. The van der Waals surface area contributed by atoms with Gasteiger partial charge in [-0.2, -0.15) is 4.98 Å². The summed E-state index contributed by atoms with van der Waals surface area (Å²) in [5.41, 5.74) is 2.46. The molecule has 1 aromatic carbocycles. The van der Waals surface area contributed by atoms with Crippen molar-refractivity contribution in [2.45, 2.75) is 6.61 Å². The third-order valence-corrected chi connectivity index (χ3v) is 4.32. The summed E-state index contributed by atoms with van der Waals surface area (Å²) in [6, 6.07) is 9.81. The molecule has 3 aromatic heterocycles. The maximum Gasteiger partial charge on any atom is 0.304 e. The van der Waals surface area contributed by atoms with Crippen LogP contribution in [0, 0.1) is 0 Å². The molecule has 0 saturated heterocycles. The number of aromatic nitrogens is 6. The highest BCUT2D eigenvalue weighted by Gasteiger charge is 2.16. The number of thiazole rings is 1. The van der Waals surface area contributed by atoms with E-state index in [0.29, 0.717) is 28.0 Å². The molecule has 0 aliphatic carbocycles. The maximum atomic E-state index is 12.3. The van der Waals surface area contributed by atoms with Crippen molar-refractivity contribution in [1.82, 2.24) is 29.9 Å². The van der Waals surface area contributed by atoms with Gasteiger partial charge in [0.05, 0.1) is 17.6 Å². The molecule has 4 aromatic rings. The number of carbonyl (C=O) groups is 1. The first kappa shape index (κ1) is 17.0. The molecule has 0 atom stereocenters. The van der Waals surface area contributed by atoms with Gasteiger partial charge in [-0.25, -0.2) is 9.37 Å². The fraction of sp³-hybridized carbons (Fsp3) is 0.125. The van der Waals surface area contributed by atoms with Crippen molar-refractivity contribution >= 4 is 33.5 Å². The van der Waals surface area contributed by atoms with E-state index in [2.05, 4.69) is 30.7 Å². The van der Waals surface area contributed by atoms with Gasteiger partial charge in [-0.1, -0.05) is 18.2 Å². The quantitative estimate of drug-likeness (QED) is 0.542. The number of carbonyl (C=O) groups excluding carboxylic acids is 1. The Kier molecular flexibility index (Phi) is 4.66. The molecule has 27 heavy (non-hydrogen) atoms. The molecule has 9 nitrogen and oxygen atoms in total. The summed E-state index contributed by atoms with van der Waals surface area (Å²) in [6.07, 6.45) is 1.56. The number of benzene rings is 1. The van der Waals surface area contributed by atoms with Gasteiger partial charge in [-0.15, -0.1) is 21.5 Å². The van der Waals surface area contributed by atoms with E-state index in [1.807, 2.05) is 30.3 Å². The van der Waals surface area contributed by atoms with Crippen molar-refractivity contribution in [2.75, 3.05) is 12.0 Å². The number of ether oxygens (including phenoxy) is 1. The molecule has 4 rings (SSSR count). The number of hydrogen-bond acceptors (Lipinski definition) is 8. The molecule has 11 heteroatoms. The Morgan fingerprint density at radius 2 is 2.11 bits per heavy atom. The average molecular weight is 385 g/mol.